The molecule has 0 aromatic heterocycles. The number of hydroxylamine groups is 2. The molecule has 1 saturated carbocycles. The number of nitrogens with zero attached hydrogens (tertiary/aromatic N) is 1. The molecule has 3 atom stereocenters. The van der Waals surface area contributed by atoms with Crippen LogP contribution in [0.1, 0.15) is 80.6 Å². The number of ether oxygens (including phenoxy) is 1. The van der Waals surface area contributed by atoms with E-state index in [-0.39, 0.29) is 11.0 Å². The van der Waals surface area contributed by atoms with Crippen LogP contribution in [0.4, 0.5) is 0 Å². The minimum Gasteiger partial charge on any atom is -0.334 e. The summed E-state index contributed by atoms with van der Waals surface area (Å²) < 4.78 is 6.36. The van der Waals surface area contributed by atoms with E-state index in [4.69, 9.17) is 9.57 Å². The van der Waals surface area contributed by atoms with Crippen LogP contribution in [0.3, 0.4) is 0 Å². The molecule has 0 amide bonds. The molecular formula is C20H38N2O2. The third-order valence-electron chi connectivity index (χ3n) is 6.47. The van der Waals surface area contributed by atoms with Crippen molar-refractivity contribution in [2.24, 2.45) is 17.3 Å². The maximum atomic E-state index is 6.64. The minimum atomic E-state index is -0.683. The van der Waals surface area contributed by atoms with Crippen molar-refractivity contribution in [1.29, 1.82) is 0 Å². The molecule has 3 fully saturated rings. The SMILES string of the molecule is CC(C)[C@H]1CO[C@]2(N1)ON(C(C)(C)C)[C@@H](C1CCCCC1)C2(C)C. The lowest BCUT2D eigenvalue weighted by Gasteiger charge is -2.43. The Kier molecular flexibility index (Phi) is 4.83. The van der Waals surface area contributed by atoms with Crippen molar-refractivity contribution in [3.8, 4) is 0 Å². The van der Waals surface area contributed by atoms with Gasteiger partial charge in [-0.2, -0.15) is 5.06 Å². The lowest BCUT2D eigenvalue weighted by molar-refractivity contribution is -0.335. The second-order valence-corrected chi connectivity index (χ2v) is 10.1. The topological polar surface area (TPSA) is 33.7 Å². The standard InChI is InChI=1S/C20H38N2O2/c1-14(2)16-13-23-20(21-16)19(6,7)17(15-11-9-8-10-12-15)22(24-20)18(3,4)5/h14-17,21H,8-13H2,1-7H3/t16-,17+,20+/m1/s1. The monoisotopic (exact) mass is 338 g/mol. The molecule has 4 nitrogen and oxygen atoms in total. The number of hydrogen-bond acceptors (Lipinski definition) is 4. The van der Waals surface area contributed by atoms with Gasteiger partial charge >= 0.3 is 0 Å². The van der Waals surface area contributed by atoms with Crippen LogP contribution in [0.15, 0.2) is 0 Å². The maximum absolute atomic E-state index is 6.64. The van der Waals surface area contributed by atoms with E-state index in [2.05, 4.69) is 58.8 Å². The van der Waals surface area contributed by atoms with Crippen LogP contribution in [0.2, 0.25) is 0 Å². The van der Waals surface area contributed by atoms with Crippen molar-refractivity contribution in [2.45, 2.75) is 104 Å². The molecule has 0 bridgehead atoms. The van der Waals surface area contributed by atoms with Crippen LogP contribution in [0, 0.1) is 17.3 Å². The van der Waals surface area contributed by atoms with E-state index in [1.54, 1.807) is 0 Å². The van der Waals surface area contributed by atoms with Gasteiger partial charge in [0.25, 0.3) is 5.91 Å². The molecule has 2 saturated heterocycles. The van der Waals surface area contributed by atoms with Gasteiger partial charge in [0.05, 0.1) is 18.1 Å². The highest BCUT2D eigenvalue weighted by atomic mass is 16.8. The van der Waals surface area contributed by atoms with Gasteiger partial charge in [-0.1, -0.05) is 47.0 Å². The van der Waals surface area contributed by atoms with Crippen LogP contribution in [-0.4, -0.2) is 35.2 Å². The number of rotatable bonds is 2. The van der Waals surface area contributed by atoms with E-state index in [9.17, 15) is 0 Å². The van der Waals surface area contributed by atoms with Crippen molar-refractivity contribution >= 4 is 0 Å². The Morgan fingerprint density at radius 2 is 1.71 bits per heavy atom. The zero-order chi connectivity index (χ0) is 17.8. The molecule has 0 unspecified atom stereocenters. The van der Waals surface area contributed by atoms with Gasteiger partial charge in [0.15, 0.2) is 0 Å². The fraction of sp³-hybridized carbons (Fsp3) is 1.00. The average molecular weight is 339 g/mol. The van der Waals surface area contributed by atoms with Gasteiger partial charge in [-0.25, -0.2) is 4.84 Å². The van der Waals surface area contributed by atoms with E-state index < -0.39 is 5.91 Å². The molecule has 0 radical (unpaired) electrons. The highest BCUT2D eigenvalue weighted by molar-refractivity contribution is 5.07. The van der Waals surface area contributed by atoms with Crippen molar-refractivity contribution < 1.29 is 9.57 Å². The molecule has 4 heteroatoms. The van der Waals surface area contributed by atoms with Crippen LogP contribution in [0.25, 0.3) is 0 Å². The number of hydrogen-bond donors (Lipinski definition) is 1. The second kappa shape index (κ2) is 6.22. The van der Waals surface area contributed by atoms with Crippen LogP contribution < -0.4 is 5.32 Å². The molecule has 2 aliphatic heterocycles. The van der Waals surface area contributed by atoms with Crippen LogP contribution in [-0.2, 0) is 9.57 Å². The highest BCUT2D eigenvalue weighted by Gasteiger charge is 2.67. The summed E-state index contributed by atoms with van der Waals surface area (Å²) in [5.74, 6) is 0.550. The summed E-state index contributed by atoms with van der Waals surface area (Å²) in [5.41, 5.74) is -0.129. The van der Waals surface area contributed by atoms with Crippen LogP contribution >= 0.6 is 0 Å². The predicted octanol–water partition coefficient (Wildman–Crippen LogP) is 4.31. The summed E-state index contributed by atoms with van der Waals surface area (Å²) >= 11 is 0. The maximum Gasteiger partial charge on any atom is 0.252 e. The van der Waals surface area contributed by atoms with Gasteiger partial charge in [0, 0.05) is 11.6 Å². The first-order valence-electron chi connectivity index (χ1n) is 9.98. The fourth-order valence-corrected chi connectivity index (χ4v) is 4.90. The van der Waals surface area contributed by atoms with Gasteiger partial charge in [-0.3, -0.25) is 5.32 Å². The minimum absolute atomic E-state index is 0.0379. The molecule has 2 heterocycles. The first kappa shape index (κ1) is 18.6. The van der Waals surface area contributed by atoms with Gasteiger partial charge < -0.3 is 4.74 Å². The normalized spacial score (nSPS) is 38.5. The smallest absolute Gasteiger partial charge is 0.252 e. The Hall–Kier alpha value is -0.160. The van der Waals surface area contributed by atoms with Crippen molar-refractivity contribution in [3.05, 3.63) is 0 Å². The Balaban J connectivity index is 1.93. The molecule has 3 aliphatic rings. The zero-order valence-electron chi connectivity index (χ0n) is 16.8. The zero-order valence-corrected chi connectivity index (χ0v) is 16.8. The average Bonchev–Trinajstić information content (AvgIpc) is 3.01. The van der Waals surface area contributed by atoms with Gasteiger partial charge in [-0.15, -0.1) is 0 Å². The summed E-state index contributed by atoms with van der Waals surface area (Å²) in [6.45, 7) is 16.7. The highest BCUT2D eigenvalue weighted by Crippen LogP contribution is 2.54. The van der Waals surface area contributed by atoms with Gasteiger partial charge in [-0.05, 0) is 45.4 Å². The molecular weight excluding hydrogens is 300 g/mol. The quantitative estimate of drug-likeness (QED) is 0.814. The van der Waals surface area contributed by atoms with Gasteiger partial charge in [0.1, 0.15) is 0 Å². The first-order chi connectivity index (χ1) is 11.1. The molecule has 140 valence electrons. The second-order valence-electron chi connectivity index (χ2n) is 10.1. The molecule has 0 aromatic carbocycles. The molecule has 1 spiro atoms. The lowest BCUT2D eigenvalue weighted by Crippen LogP contribution is -2.57. The largest absolute Gasteiger partial charge is 0.334 e. The lowest BCUT2D eigenvalue weighted by atomic mass is 9.70. The molecule has 3 rings (SSSR count). The first-order valence-corrected chi connectivity index (χ1v) is 9.98. The van der Waals surface area contributed by atoms with E-state index in [0.717, 1.165) is 6.61 Å². The third kappa shape index (κ3) is 2.94. The van der Waals surface area contributed by atoms with Crippen LogP contribution in [0.5, 0.6) is 0 Å². The molecule has 1 aliphatic carbocycles. The third-order valence-corrected chi connectivity index (χ3v) is 6.47. The molecule has 24 heavy (non-hydrogen) atoms. The molecule has 1 N–H and O–H groups in total. The summed E-state index contributed by atoms with van der Waals surface area (Å²) in [6, 6.07) is 0.743. The summed E-state index contributed by atoms with van der Waals surface area (Å²) in [5, 5.41) is 6.02. The molecule has 0 aromatic rings. The number of nitrogens with one attached hydrogen (secondary N) is 1. The van der Waals surface area contributed by atoms with Gasteiger partial charge in [0.2, 0.25) is 0 Å². The Bertz CT molecular complexity index is 451. The van der Waals surface area contributed by atoms with Crippen molar-refractivity contribution in [1.82, 2.24) is 10.4 Å². The summed E-state index contributed by atoms with van der Waals surface area (Å²) in [7, 11) is 0. The van der Waals surface area contributed by atoms with E-state index in [1.165, 1.54) is 32.1 Å². The Labute approximate surface area is 148 Å². The predicted molar refractivity (Wildman–Crippen MR) is 97.3 cm³/mol. The Morgan fingerprint density at radius 3 is 2.21 bits per heavy atom. The van der Waals surface area contributed by atoms with E-state index in [0.29, 0.717) is 23.9 Å². The van der Waals surface area contributed by atoms with E-state index in [1.807, 2.05) is 0 Å². The summed E-state index contributed by atoms with van der Waals surface area (Å²) in [6.07, 6.45) is 6.72. The summed E-state index contributed by atoms with van der Waals surface area (Å²) in [4.78, 5) is 6.64. The fourth-order valence-electron chi connectivity index (χ4n) is 4.90. The van der Waals surface area contributed by atoms with Crippen molar-refractivity contribution in [3.63, 3.8) is 0 Å². The van der Waals surface area contributed by atoms with Crippen molar-refractivity contribution in [2.75, 3.05) is 6.61 Å². The Morgan fingerprint density at radius 1 is 1.08 bits per heavy atom. The van der Waals surface area contributed by atoms with E-state index >= 15 is 0 Å².